The van der Waals surface area contributed by atoms with Crippen LogP contribution in [-0.4, -0.2) is 30.1 Å². The first-order valence-electron chi connectivity index (χ1n) is 4.41. The Kier molecular flexibility index (Phi) is 5.32. The highest BCUT2D eigenvalue weighted by atomic mass is 31.2. The first kappa shape index (κ1) is 13.6. The van der Waals surface area contributed by atoms with Crippen LogP contribution in [0.3, 0.4) is 0 Å². The lowest BCUT2D eigenvalue weighted by molar-refractivity contribution is 0.127. The molecule has 5 nitrogen and oxygen atoms in total. The van der Waals surface area contributed by atoms with Crippen molar-refractivity contribution in [2.75, 3.05) is 19.4 Å². The molecule has 0 aliphatic heterocycles. The molecule has 0 radical (unpaired) electrons. The average Bonchev–Trinajstić information content (AvgIpc) is 2.03. The summed E-state index contributed by atoms with van der Waals surface area (Å²) in [6.07, 6.45) is -0.307. The lowest BCUT2D eigenvalue weighted by Crippen LogP contribution is -2.27. The van der Waals surface area contributed by atoms with E-state index in [1.165, 1.54) is 6.92 Å². The molecule has 1 unspecified atom stereocenters. The molecule has 0 fully saturated rings. The Labute approximate surface area is 84.2 Å². The zero-order valence-corrected chi connectivity index (χ0v) is 9.58. The molecule has 0 aliphatic carbocycles. The van der Waals surface area contributed by atoms with Crippen LogP contribution < -0.4 is 0 Å². The van der Waals surface area contributed by atoms with E-state index in [1.807, 2.05) is 0 Å². The summed E-state index contributed by atoms with van der Waals surface area (Å²) in [5, 5.41) is 18.0. The van der Waals surface area contributed by atoms with Gasteiger partial charge in [0.1, 0.15) is 0 Å². The van der Waals surface area contributed by atoms with E-state index in [4.69, 9.17) is 14.3 Å². The summed E-state index contributed by atoms with van der Waals surface area (Å²) in [6, 6.07) is 1.64. The first-order valence-corrected chi connectivity index (χ1v) is 6.13. The fourth-order valence-electron chi connectivity index (χ4n) is 0.934. The molecule has 0 bridgehead atoms. The number of rotatable bonds is 6. The van der Waals surface area contributed by atoms with Gasteiger partial charge in [-0.05, 0) is 20.8 Å². The minimum Gasteiger partial charge on any atom is -0.375 e. The number of hydrogen-bond donors (Lipinski definition) is 1. The van der Waals surface area contributed by atoms with Gasteiger partial charge in [0, 0.05) is 0 Å². The maximum absolute atomic E-state index is 11.8. The monoisotopic (exact) mass is 221 g/mol. The molecule has 0 aliphatic rings. The molecule has 0 spiro atoms. The fraction of sp³-hybridized carbons (Fsp3) is 0.875. The molecule has 6 heteroatoms. The van der Waals surface area contributed by atoms with Crippen molar-refractivity contribution >= 4 is 7.60 Å². The summed E-state index contributed by atoms with van der Waals surface area (Å²) < 4.78 is 21.7. The van der Waals surface area contributed by atoms with E-state index in [9.17, 15) is 9.67 Å². The predicted molar refractivity (Wildman–Crippen MR) is 52.0 cm³/mol. The highest BCUT2D eigenvalue weighted by Crippen LogP contribution is 2.50. The Balaban J connectivity index is 4.54. The number of nitriles is 1. The van der Waals surface area contributed by atoms with Crippen LogP contribution in [0.25, 0.3) is 0 Å². The van der Waals surface area contributed by atoms with Gasteiger partial charge in [0.15, 0.2) is 5.60 Å². The van der Waals surface area contributed by atoms with Crippen molar-refractivity contribution in [3.05, 3.63) is 0 Å². The van der Waals surface area contributed by atoms with Crippen LogP contribution in [0.15, 0.2) is 0 Å². The molecular formula is C8H16NO4P. The van der Waals surface area contributed by atoms with Crippen molar-refractivity contribution in [2.45, 2.75) is 26.4 Å². The van der Waals surface area contributed by atoms with E-state index in [-0.39, 0.29) is 19.4 Å². The number of nitrogens with zero attached hydrogens (tertiary/aromatic N) is 1. The number of hydrogen-bond acceptors (Lipinski definition) is 5. The van der Waals surface area contributed by atoms with E-state index in [1.54, 1.807) is 19.9 Å². The normalized spacial score (nSPS) is 15.9. The van der Waals surface area contributed by atoms with E-state index in [2.05, 4.69) is 0 Å². The molecule has 0 amide bonds. The van der Waals surface area contributed by atoms with Gasteiger partial charge in [0.25, 0.3) is 0 Å². The van der Waals surface area contributed by atoms with Crippen LogP contribution in [-0.2, 0) is 13.6 Å². The van der Waals surface area contributed by atoms with Crippen molar-refractivity contribution in [1.82, 2.24) is 0 Å². The van der Waals surface area contributed by atoms with Gasteiger partial charge >= 0.3 is 7.60 Å². The minimum atomic E-state index is -3.33. The molecule has 82 valence electrons. The Hall–Kier alpha value is -0.400. The molecule has 14 heavy (non-hydrogen) atoms. The fourth-order valence-corrected chi connectivity index (χ4v) is 2.80. The Bertz CT molecular complexity index is 249. The van der Waals surface area contributed by atoms with Crippen molar-refractivity contribution in [2.24, 2.45) is 0 Å². The molecular weight excluding hydrogens is 205 g/mol. The smallest absolute Gasteiger partial charge is 0.334 e. The zero-order valence-electron chi connectivity index (χ0n) is 8.69. The molecule has 0 rings (SSSR count). The third kappa shape index (κ3) is 4.73. The largest absolute Gasteiger partial charge is 0.375 e. The van der Waals surface area contributed by atoms with Crippen LogP contribution in [0.2, 0.25) is 0 Å². The van der Waals surface area contributed by atoms with Crippen molar-refractivity contribution in [3.63, 3.8) is 0 Å². The van der Waals surface area contributed by atoms with E-state index in [0.717, 1.165) is 0 Å². The molecule has 0 heterocycles. The van der Waals surface area contributed by atoms with Gasteiger partial charge in [-0.1, -0.05) is 0 Å². The van der Waals surface area contributed by atoms with Gasteiger partial charge < -0.3 is 14.2 Å². The Morgan fingerprint density at radius 3 is 2.14 bits per heavy atom. The summed E-state index contributed by atoms with van der Waals surface area (Å²) in [5.41, 5.74) is -1.68. The summed E-state index contributed by atoms with van der Waals surface area (Å²) in [5.74, 6) is 0. The Morgan fingerprint density at radius 1 is 1.43 bits per heavy atom. The maximum atomic E-state index is 11.8. The van der Waals surface area contributed by atoms with Crippen LogP contribution in [0.5, 0.6) is 0 Å². The second-order valence-corrected chi connectivity index (χ2v) is 5.04. The third-order valence-corrected chi connectivity index (χ3v) is 3.70. The van der Waals surface area contributed by atoms with Crippen molar-refractivity contribution in [1.29, 1.82) is 5.26 Å². The highest BCUT2D eigenvalue weighted by Gasteiger charge is 2.35. The lowest BCUT2D eigenvalue weighted by atomic mass is 10.2. The van der Waals surface area contributed by atoms with Crippen LogP contribution in [0, 0.1) is 11.3 Å². The summed E-state index contributed by atoms with van der Waals surface area (Å²) >= 11 is 0. The quantitative estimate of drug-likeness (QED) is 0.543. The van der Waals surface area contributed by atoms with Crippen LogP contribution >= 0.6 is 7.60 Å². The highest BCUT2D eigenvalue weighted by molar-refractivity contribution is 7.53. The summed E-state index contributed by atoms with van der Waals surface area (Å²) in [7, 11) is -3.33. The standard InChI is InChI=1S/C8H16NO4P/c1-4-12-14(11,13-5-2)7-8(3,10)6-9/h10H,4-5,7H2,1-3H3. The second kappa shape index (κ2) is 5.47. The lowest BCUT2D eigenvalue weighted by Gasteiger charge is -2.22. The van der Waals surface area contributed by atoms with E-state index < -0.39 is 13.2 Å². The van der Waals surface area contributed by atoms with Gasteiger partial charge in [-0.2, -0.15) is 5.26 Å². The van der Waals surface area contributed by atoms with Gasteiger partial charge in [-0.15, -0.1) is 0 Å². The van der Waals surface area contributed by atoms with E-state index >= 15 is 0 Å². The predicted octanol–water partition coefficient (Wildman–Crippen LogP) is 1.53. The summed E-state index contributed by atoms with van der Waals surface area (Å²) in [4.78, 5) is 0. The molecule has 0 aromatic carbocycles. The number of aliphatic hydroxyl groups is 1. The molecule has 0 saturated carbocycles. The Morgan fingerprint density at radius 2 is 1.86 bits per heavy atom. The van der Waals surface area contributed by atoms with Crippen molar-refractivity contribution < 1.29 is 18.7 Å². The van der Waals surface area contributed by atoms with Gasteiger partial charge in [0.05, 0.1) is 25.4 Å². The topological polar surface area (TPSA) is 79.5 Å². The SMILES string of the molecule is CCOP(=O)(CC(C)(O)C#N)OCC. The maximum Gasteiger partial charge on any atom is 0.334 e. The average molecular weight is 221 g/mol. The van der Waals surface area contributed by atoms with Gasteiger partial charge in [-0.3, -0.25) is 4.57 Å². The van der Waals surface area contributed by atoms with E-state index in [0.29, 0.717) is 0 Å². The summed E-state index contributed by atoms with van der Waals surface area (Å²) in [6.45, 7) is 5.06. The zero-order chi connectivity index (χ0) is 11.2. The third-order valence-electron chi connectivity index (χ3n) is 1.39. The van der Waals surface area contributed by atoms with Gasteiger partial charge in [-0.25, -0.2) is 0 Å². The van der Waals surface area contributed by atoms with Crippen LogP contribution in [0.1, 0.15) is 20.8 Å². The van der Waals surface area contributed by atoms with Crippen molar-refractivity contribution in [3.8, 4) is 6.07 Å². The molecule has 1 atom stereocenters. The molecule has 1 N–H and O–H groups in total. The minimum absolute atomic E-state index is 0.221. The first-order chi connectivity index (χ1) is 6.39. The van der Waals surface area contributed by atoms with Crippen LogP contribution in [0.4, 0.5) is 0 Å². The molecule has 0 aromatic rings. The molecule has 0 saturated heterocycles. The second-order valence-electron chi connectivity index (χ2n) is 2.99. The van der Waals surface area contributed by atoms with Gasteiger partial charge in [0.2, 0.25) is 0 Å². The molecule has 0 aromatic heterocycles.